The average Bonchev–Trinajstić information content (AvgIpc) is 2.43. The molecule has 0 aliphatic rings. The summed E-state index contributed by atoms with van der Waals surface area (Å²) in [5, 5.41) is 3.02. The van der Waals surface area contributed by atoms with E-state index in [9.17, 15) is 4.79 Å². The third-order valence-corrected chi connectivity index (χ3v) is 3.82. The van der Waals surface area contributed by atoms with Crippen LogP contribution in [0.1, 0.15) is 17.2 Å². The van der Waals surface area contributed by atoms with Gasteiger partial charge in [0.2, 0.25) is 5.91 Å². The molecule has 3 nitrogen and oxygen atoms in total. The van der Waals surface area contributed by atoms with Crippen molar-refractivity contribution in [2.24, 2.45) is 0 Å². The molecule has 1 N–H and O–H groups in total. The summed E-state index contributed by atoms with van der Waals surface area (Å²) >= 11 is 3.43. The Bertz CT molecular complexity index is 626. The Balaban J connectivity index is 2.24. The molecule has 2 aromatic carbocycles. The number of nitrogens with zero attached hydrogens (tertiary/aromatic N) is 1. The van der Waals surface area contributed by atoms with Gasteiger partial charge in [0.15, 0.2) is 0 Å². The summed E-state index contributed by atoms with van der Waals surface area (Å²) in [5.74, 6) is -0.0309. The lowest BCUT2D eigenvalue weighted by molar-refractivity contribution is -0.120. The summed E-state index contributed by atoms with van der Waals surface area (Å²) in [6.07, 6.45) is 0. The van der Waals surface area contributed by atoms with Gasteiger partial charge in [-0.05, 0) is 50.3 Å². The Hall–Kier alpha value is -1.65. The van der Waals surface area contributed by atoms with E-state index in [4.69, 9.17) is 0 Å². The molecule has 0 aliphatic carbocycles. The fourth-order valence-electron chi connectivity index (χ4n) is 2.29. The predicted molar refractivity (Wildman–Crippen MR) is 90.4 cm³/mol. The molecular formula is C17H19BrN2O. The van der Waals surface area contributed by atoms with Crippen molar-refractivity contribution in [1.82, 2.24) is 4.90 Å². The maximum Gasteiger partial charge on any atom is 0.246 e. The van der Waals surface area contributed by atoms with Crippen molar-refractivity contribution in [3.05, 3.63) is 64.1 Å². The van der Waals surface area contributed by atoms with Crippen LogP contribution >= 0.6 is 15.9 Å². The van der Waals surface area contributed by atoms with E-state index in [0.717, 1.165) is 21.3 Å². The third kappa shape index (κ3) is 3.93. The van der Waals surface area contributed by atoms with Crippen LogP contribution < -0.4 is 5.32 Å². The highest BCUT2D eigenvalue weighted by Crippen LogP contribution is 2.24. The van der Waals surface area contributed by atoms with Crippen LogP contribution in [0.4, 0.5) is 5.69 Å². The first kappa shape index (κ1) is 15.7. The lowest BCUT2D eigenvalue weighted by Crippen LogP contribution is -2.32. The van der Waals surface area contributed by atoms with Gasteiger partial charge in [-0.25, -0.2) is 0 Å². The minimum absolute atomic E-state index is 0.0309. The molecular weight excluding hydrogens is 328 g/mol. The lowest BCUT2D eigenvalue weighted by atomic mass is 10.0. The van der Waals surface area contributed by atoms with Gasteiger partial charge < -0.3 is 5.32 Å². The second kappa shape index (κ2) is 6.87. The molecule has 0 bridgehead atoms. The molecule has 2 rings (SSSR count). The number of benzene rings is 2. The summed E-state index contributed by atoms with van der Waals surface area (Å²) in [5.41, 5.74) is 2.85. The van der Waals surface area contributed by atoms with Gasteiger partial charge in [-0.1, -0.05) is 46.3 Å². The highest BCUT2D eigenvalue weighted by Gasteiger charge is 2.23. The van der Waals surface area contributed by atoms with Crippen LogP contribution in [0.15, 0.2) is 53.0 Å². The van der Waals surface area contributed by atoms with Crippen molar-refractivity contribution in [2.75, 3.05) is 19.4 Å². The van der Waals surface area contributed by atoms with Crippen molar-refractivity contribution in [2.45, 2.75) is 13.0 Å². The Labute approximate surface area is 134 Å². The Morgan fingerprint density at radius 1 is 1.14 bits per heavy atom. The quantitative estimate of drug-likeness (QED) is 0.907. The molecule has 0 saturated heterocycles. The lowest BCUT2D eigenvalue weighted by Gasteiger charge is -2.24. The van der Waals surface area contributed by atoms with Crippen LogP contribution in [0.5, 0.6) is 0 Å². The van der Waals surface area contributed by atoms with Crippen LogP contribution in [0.25, 0.3) is 0 Å². The topological polar surface area (TPSA) is 32.3 Å². The fourth-order valence-corrected chi connectivity index (χ4v) is 2.76. The number of likely N-dealkylation sites (N-methyl/N-ethyl adjacent to an activating group) is 1. The van der Waals surface area contributed by atoms with E-state index in [1.165, 1.54) is 0 Å². The van der Waals surface area contributed by atoms with Crippen LogP contribution in [0.2, 0.25) is 0 Å². The largest absolute Gasteiger partial charge is 0.324 e. The van der Waals surface area contributed by atoms with Gasteiger partial charge in [0.25, 0.3) is 0 Å². The first-order valence-corrected chi connectivity index (χ1v) is 7.56. The van der Waals surface area contributed by atoms with Gasteiger partial charge in [-0.15, -0.1) is 0 Å². The number of halogens is 1. The van der Waals surface area contributed by atoms with Gasteiger partial charge in [0.1, 0.15) is 6.04 Å². The summed E-state index contributed by atoms with van der Waals surface area (Å²) < 4.78 is 1.00. The van der Waals surface area contributed by atoms with E-state index < -0.39 is 0 Å². The average molecular weight is 347 g/mol. The standard InChI is InChI=1S/C17H19BrN2O/c1-12-11-14(18)9-10-15(12)19-17(21)16(20(2)3)13-7-5-4-6-8-13/h4-11,16H,1-3H3,(H,19,21). The maximum absolute atomic E-state index is 12.6. The molecule has 110 valence electrons. The molecule has 4 heteroatoms. The predicted octanol–water partition coefficient (Wildman–Crippen LogP) is 4.00. The molecule has 0 radical (unpaired) electrons. The number of rotatable bonds is 4. The van der Waals surface area contributed by atoms with Crippen molar-refractivity contribution in [3.63, 3.8) is 0 Å². The third-order valence-electron chi connectivity index (χ3n) is 3.33. The molecule has 1 amide bonds. The number of carbonyl (C=O) groups excluding carboxylic acids is 1. The van der Waals surface area contributed by atoms with E-state index in [-0.39, 0.29) is 11.9 Å². The number of anilines is 1. The maximum atomic E-state index is 12.6. The molecule has 0 fully saturated rings. The summed E-state index contributed by atoms with van der Waals surface area (Å²) in [6, 6.07) is 15.3. The minimum Gasteiger partial charge on any atom is -0.324 e. The van der Waals surface area contributed by atoms with Gasteiger partial charge in [-0.2, -0.15) is 0 Å². The number of hydrogen-bond acceptors (Lipinski definition) is 2. The smallest absolute Gasteiger partial charge is 0.246 e. The fraction of sp³-hybridized carbons (Fsp3) is 0.235. The molecule has 21 heavy (non-hydrogen) atoms. The summed E-state index contributed by atoms with van der Waals surface area (Å²) in [4.78, 5) is 14.5. The highest BCUT2D eigenvalue weighted by atomic mass is 79.9. The highest BCUT2D eigenvalue weighted by molar-refractivity contribution is 9.10. The second-order valence-electron chi connectivity index (χ2n) is 5.23. The van der Waals surface area contributed by atoms with Crippen molar-refractivity contribution in [3.8, 4) is 0 Å². The number of aryl methyl sites for hydroxylation is 1. The number of hydrogen-bond donors (Lipinski definition) is 1. The van der Waals surface area contributed by atoms with Crippen molar-refractivity contribution < 1.29 is 4.79 Å². The van der Waals surface area contributed by atoms with Crippen LogP contribution in [-0.2, 0) is 4.79 Å². The van der Waals surface area contributed by atoms with Crippen LogP contribution in [0.3, 0.4) is 0 Å². The van der Waals surface area contributed by atoms with E-state index >= 15 is 0 Å². The zero-order valence-electron chi connectivity index (χ0n) is 12.4. The molecule has 0 saturated carbocycles. The number of carbonyl (C=O) groups is 1. The van der Waals surface area contributed by atoms with Crippen LogP contribution in [0, 0.1) is 6.92 Å². The first-order valence-electron chi connectivity index (χ1n) is 6.77. The van der Waals surface area contributed by atoms with Crippen molar-refractivity contribution >= 4 is 27.5 Å². The Morgan fingerprint density at radius 2 is 1.81 bits per heavy atom. The van der Waals surface area contributed by atoms with Gasteiger partial charge >= 0.3 is 0 Å². The van der Waals surface area contributed by atoms with E-state index in [2.05, 4.69) is 21.2 Å². The second-order valence-corrected chi connectivity index (χ2v) is 6.14. The minimum atomic E-state index is -0.311. The molecule has 0 aliphatic heterocycles. The van der Waals surface area contributed by atoms with E-state index in [1.807, 2.05) is 74.4 Å². The number of nitrogens with one attached hydrogen (secondary N) is 1. The molecule has 1 unspecified atom stereocenters. The van der Waals surface area contributed by atoms with Gasteiger partial charge in [0.05, 0.1) is 0 Å². The molecule has 0 spiro atoms. The SMILES string of the molecule is Cc1cc(Br)ccc1NC(=O)C(c1ccccc1)N(C)C. The summed E-state index contributed by atoms with van der Waals surface area (Å²) in [7, 11) is 3.82. The zero-order chi connectivity index (χ0) is 15.4. The normalized spacial score (nSPS) is 12.2. The van der Waals surface area contributed by atoms with Crippen molar-refractivity contribution in [1.29, 1.82) is 0 Å². The molecule has 1 atom stereocenters. The Morgan fingerprint density at radius 3 is 2.38 bits per heavy atom. The first-order chi connectivity index (χ1) is 9.99. The zero-order valence-corrected chi connectivity index (χ0v) is 14.0. The summed E-state index contributed by atoms with van der Waals surface area (Å²) in [6.45, 7) is 1.98. The van der Waals surface area contributed by atoms with E-state index in [1.54, 1.807) is 0 Å². The molecule has 0 heterocycles. The number of amides is 1. The Kier molecular flexibility index (Phi) is 5.15. The molecule has 0 aromatic heterocycles. The monoisotopic (exact) mass is 346 g/mol. The molecule has 2 aromatic rings. The van der Waals surface area contributed by atoms with E-state index in [0.29, 0.717) is 0 Å². The van der Waals surface area contributed by atoms with Gasteiger partial charge in [-0.3, -0.25) is 9.69 Å². The van der Waals surface area contributed by atoms with Gasteiger partial charge in [0, 0.05) is 10.2 Å². The van der Waals surface area contributed by atoms with Crippen LogP contribution in [-0.4, -0.2) is 24.9 Å².